The fourth-order valence-electron chi connectivity index (χ4n) is 4.30. The number of imidazole rings is 1. The predicted octanol–water partition coefficient (Wildman–Crippen LogP) is 5.78. The van der Waals surface area contributed by atoms with E-state index in [0.717, 1.165) is 52.2 Å². The quantitative estimate of drug-likeness (QED) is 0.513. The van der Waals surface area contributed by atoms with Crippen molar-refractivity contribution < 1.29 is 8.78 Å². The third-order valence-electron chi connectivity index (χ3n) is 5.81. The van der Waals surface area contributed by atoms with Crippen molar-refractivity contribution in [2.24, 2.45) is 5.73 Å². The zero-order valence-corrected chi connectivity index (χ0v) is 19.4. The zero-order chi connectivity index (χ0) is 22.9. The van der Waals surface area contributed by atoms with Crippen molar-refractivity contribution in [3.8, 4) is 11.3 Å². The van der Waals surface area contributed by atoms with E-state index in [-0.39, 0.29) is 11.6 Å². The summed E-state index contributed by atoms with van der Waals surface area (Å²) in [6.45, 7) is 8.39. The molecule has 0 fully saturated rings. The lowest BCUT2D eigenvalue weighted by molar-refractivity contribution is 0.113. The first-order valence-corrected chi connectivity index (χ1v) is 11.6. The van der Waals surface area contributed by atoms with Gasteiger partial charge in [-0.3, -0.25) is 0 Å². The van der Waals surface area contributed by atoms with Crippen LogP contribution in [-0.2, 0) is 12.1 Å². The molecule has 0 aliphatic carbocycles. The van der Waals surface area contributed by atoms with Gasteiger partial charge in [0.2, 0.25) is 0 Å². The number of hydrogen-bond acceptors (Lipinski definition) is 4. The average molecular weight is 455 g/mol. The van der Waals surface area contributed by atoms with Crippen molar-refractivity contribution in [1.82, 2.24) is 14.5 Å². The van der Waals surface area contributed by atoms with Gasteiger partial charge >= 0.3 is 0 Å². The smallest absolute Gasteiger partial charge is 0.135 e. The number of nitrogens with two attached hydrogens (primary N) is 1. The average Bonchev–Trinajstić information content (AvgIpc) is 3.13. The van der Waals surface area contributed by atoms with Gasteiger partial charge in [0.15, 0.2) is 0 Å². The second kappa shape index (κ2) is 9.08. The van der Waals surface area contributed by atoms with E-state index in [0.29, 0.717) is 6.54 Å². The molecule has 0 amide bonds. The number of nitrogens with zero attached hydrogens (tertiary/aromatic N) is 3. The first-order valence-electron chi connectivity index (χ1n) is 10.8. The number of aromatic nitrogens is 2. The monoisotopic (exact) mass is 454 g/mol. The molecule has 1 aromatic heterocycles. The summed E-state index contributed by atoms with van der Waals surface area (Å²) in [6, 6.07) is 12.9. The molecule has 4 nitrogen and oxygen atoms in total. The summed E-state index contributed by atoms with van der Waals surface area (Å²) in [5, 5.41) is 0.929. The van der Waals surface area contributed by atoms with E-state index in [1.807, 2.05) is 6.07 Å². The summed E-state index contributed by atoms with van der Waals surface area (Å²) in [5.41, 5.74) is 8.39. The maximum atomic E-state index is 13.9. The van der Waals surface area contributed by atoms with Crippen LogP contribution in [0, 0.1) is 11.6 Å². The number of benzene rings is 2. The lowest BCUT2D eigenvalue weighted by atomic mass is 9.97. The lowest BCUT2D eigenvalue weighted by Crippen LogP contribution is -2.49. The molecule has 1 aliphatic rings. The van der Waals surface area contributed by atoms with Gasteiger partial charge in [0, 0.05) is 35.8 Å². The summed E-state index contributed by atoms with van der Waals surface area (Å²) in [4.78, 5) is 8.18. The van der Waals surface area contributed by atoms with Crippen LogP contribution < -0.4 is 5.73 Å². The van der Waals surface area contributed by atoms with Crippen LogP contribution in [0.15, 0.2) is 70.2 Å². The summed E-state index contributed by atoms with van der Waals surface area (Å²) in [6.07, 6.45) is 3.08. The fourth-order valence-corrected chi connectivity index (χ4v) is 5.39. The molecule has 1 aliphatic heterocycles. The molecule has 3 aromatic rings. The molecule has 2 heterocycles. The first kappa shape index (κ1) is 22.6. The van der Waals surface area contributed by atoms with Crippen molar-refractivity contribution in [2.75, 3.05) is 13.1 Å². The minimum atomic E-state index is -0.395. The van der Waals surface area contributed by atoms with E-state index in [2.05, 4.69) is 36.3 Å². The van der Waals surface area contributed by atoms with Crippen LogP contribution >= 0.6 is 11.8 Å². The van der Waals surface area contributed by atoms with Gasteiger partial charge in [0.1, 0.15) is 28.2 Å². The van der Waals surface area contributed by atoms with Gasteiger partial charge in [-0.1, -0.05) is 30.8 Å². The molecule has 168 valence electrons. The van der Waals surface area contributed by atoms with Crippen molar-refractivity contribution in [1.29, 1.82) is 0 Å². The number of hydrogen-bond donors (Lipinski definition) is 1. The van der Waals surface area contributed by atoms with E-state index < -0.39 is 5.54 Å². The molecule has 0 saturated carbocycles. The molecule has 0 saturated heterocycles. The summed E-state index contributed by atoms with van der Waals surface area (Å²) < 4.78 is 29.7. The number of allylic oxidation sites excluding steroid dienone is 1. The van der Waals surface area contributed by atoms with Gasteiger partial charge in [-0.15, -0.1) is 0 Å². The Morgan fingerprint density at radius 1 is 1.12 bits per heavy atom. The Hall–Kier alpha value is -2.64. The molecular weight excluding hydrogens is 426 g/mol. The number of fused-ring (bicyclic) bond motifs is 1. The predicted molar refractivity (Wildman–Crippen MR) is 125 cm³/mol. The molecular formula is C25H28F2N4S. The standard InChI is InChI=1S/C25H28F2N4S/c1-4-6-20(16-28)31-14-13-30-23(32-21-8-5-7-19(27)15-21)22(29-24(30)25(31,2)3)17-9-11-18(26)12-10-17/h5-12,15H,4,13-14,16,28H2,1-3H3/b20-6+. The zero-order valence-electron chi connectivity index (χ0n) is 18.6. The highest BCUT2D eigenvalue weighted by Crippen LogP contribution is 2.43. The fraction of sp³-hybridized carbons (Fsp3) is 0.320. The molecule has 2 N–H and O–H groups in total. The largest absolute Gasteiger partial charge is 0.360 e. The van der Waals surface area contributed by atoms with Gasteiger partial charge in [0.05, 0.1) is 5.54 Å². The molecule has 0 atom stereocenters. The van der Waals surface area contributed by atoms with Gasteiger partial charge < -0.3 is 15.2 Å². The van der Waals surface area contributed by atoms with Crippen LogP contribution in [0.5, 0.6) is 0 Å². The Bertz CT molecular complexity index is 1140. The van der Waals surface area contributed by atoms with E-state index in [1.54, 1.807) is 18.2 Å². The second-order valence-electron chi connectivity index (χ2n) is 8.33. The molecule has 0 bridgehead atoms. The van der Waals surface area contributed by atoms with Crippen LogP contribution in [-0.4, -0.2) is 27.5 Å². The van der Waals surface area contributed by atoms with Crippen LogP contribution in [0.25, 0.3) is 11.3 Å². The minimum Gasteiger partial charge on any atom is -0.360 e. The number of rotatable bonds is 6. The molecule has 7 heteroatoms. The second-order valence-corrected chi connectivity index (χ2v) is 9.39. The van der Waals surface area contributed by atoms with Crippen molar-refractivity contribution >= 4 is 11.8 Å². The Kier molecular flexibility index (Phi) is 6.40. The molecule has 0 unspecified atom stereocenters. The highest BCUT2D eigenvalue weighted by molar-refractivity contribution is 7.99. The van der Waals surface area contributed by atoms with Crippen LogP contribution in [0.2, 0.25) is 0 Å². The van der Waals surface area contributed by atoms with Crippen molar-refractivity contribution in [2.45, 2.75) is 49.2 Å². The molecule has 0 spiro atoms. The van der Waals surface area contributed by atoms with Gasteiger partial charge in [-0.05, 0) is 62.7 Å². The SMILES string of the molecule is CC/C=C(\CN)N1CCn2c(nc(-c3ccc(F)cc3)c2Sc2cccc(F)c2)C1(C)C. The molecule has 4 rings (SSSR count). The van der Waals surface area contributed by atoms with Crippen LogP contribution in [0.1, 0.15) is 33.0 Å². The van der Waals surface area contributed by atoms with Crippen molar-refractivity contribution in [3.05, 3.63) is 77.8 Å². The normalized spacial score (nSPS) is 15.7. The van der Waals surface area contributed by atoms with Gasteiger partial charge in [-0.2, -0.15) is 0 Å². The highest BCUT2D eigenvalue weighted by atomic mass is 32.2. The topological polar surface area (TPSA) is 47.1 Å². The van der Waals surface area contributed by atoms with E-state index in [1.165, 1.54) is 36.0 Å². The Balaban J connectivity index is 1.85. The van der Waals surface area contributed by atoms with E-state index >= 15 is 0 Å². The summed E-state index contributed by atoms with van der Waals surface area (Å²) in [7, 11) is 0. The third kappa shape index (κ3) is 4.19. The molecule has 0 radical (unpaired) electrons. The highest BCUT2D eigenvalue weighted by Gasteiger charge is 2.39. The maximum Gasteiger partial charge on any atom is 0.135 e. The van der Waals surface area contributed by atoms with Crippen LogP contribution in [0.3, 0.4) is 0 Å². The summed E-state index contributed by atoms with van der Waals surface area (Å²) >= 11 is 1.48. The Morgan fingerprint density at radius 3 is 2.53 bits per heavy atom. The third-order valence-corrected chi connectivity index (χ3v) is 6.91. The van der Waals surface area contributed by atoms with Gasteiger partial charge in [-0.25, -0.2) is 13.8 Å². The number of halogens is 2. The Labute approximate surface area is 192 Å². The lowest BCUT2D eigenvalue weighted by Gasteiger charge is -2.45. The van der Waals surface area contributed by atoms with Gasteiger partial charge in [0.25, 0.3) is 0 Å². The molecule has 32 heavy (non-hydrogen) atoms. The van der Waals surface area contributed by atoms with E-state index in [4.69, 9.17) is 10.7 Å². The molecule has 2 aromatic carbocycles. The Morgan fingerprint density at radius 2 is 1.88 bits per heavy atom. The first-order chi connectivity index (χ1) is 15.3. The maximum absolute atomic E-state index is 13.9. The van der Waals surface area contributed by atoms with Crippen molar-refractivity contribution in [3.63, 3.8) is 0 Å². The van der Waals surface area contributed by atoms with Crippen LogP contribution in [0.4, 0.5) is 8.78 Å². The summed E-state index contributed by atoms with van der Waals surface area (Å²) in [5.74, 6) is 0.346. The van der Waals surface area contributed by atoms with E-state index in [9.17, 15) is 8.78 Å². The minimum absolute atomic E-state index is 0.277.